The van der Waals surface area contributed by atoms with Gasteiger partial charge in [-0.05, 0) is 61.9 Å². The van der Waals surface area contributed by atoms with Crippen molar-refractivity contribution in [2.45, 2.75) is 31.3 Å². The fourth-order valence-corrected chi connectivity index (χ4v) is 4.85. The smallest absolute Gasteiger partial charge is 0.269 e. The van der Waals surface area contributed by atoms with E-state index in [2.05, 4.69) is 20.3 Å². The molecule has 8 nitrogen and oxygen atoms in total. The summed E-state index contributed by atoms with van der Waals surface area (Å²) in [5.41, 5.74) is 2.64. The molecule has 2 fully saturated rings. The maximum Gasteiger partial charge on any atom is 0.269 e. The number of hydrogen-bond donors (Lipinski definition) is 2. The Labute approximate surface area is 186 Å². The van der Waals surface area contributed by atoms with Crippen molar-refractivity contribution < 1.29 is 14.3 Å². The van der Waals surface area contributed by atoms with E-state index in [1.165, 1.54) is 0 Å². The summed E-state index contributed by atoms with van der Waals surface area (Å²) in [5, 5.41) is 3.02. The lowest BCUT2D eigenvalue weighted by Gasteiger charge is -2.46. The summed E-state index contributed by atoms with van der Waals surface area (Å²) in [6, 6.07) is 10.9. The Balaban J connectivity index is 1.16. The quantitative estimate of drug-likeness (QED) is 0.659. The number of pyridine rings is 1. The molecular weight excluding hydrogens is 406 g/mol. The summed E-state index contributed by atoms with van der Waals surface area (Å²) < 4.78 is 6.23. The van der Waals surface area contributed by atoms with Crippen molar-refractivity contribution in [2.24, 2.45) is 5.92 Å². The molecule has 2 aliphatic heterocycles. The molecule has 0 saturated carbocycles. The average Bonchev–Trinajstić information content (AvgIpc) is 3.31. The minimum Gasteiger partial charge on any atom is -0.375 e. The van der Waals surface area contributed by atoms with Crippen LogP contribution < -0.4 is 5.32 Å². The Morgan fingerprint density at radius 2 is 2.06 bits per heavy atom. The van der Waals surface area contributed by atoms with Crippen molar-refractivity contribution in [3.63, 3.8) is 0 Å². The third kappa shape index (κ3) is 4.23. The largest absolute Gasteiger partial charge is 0.375 e. The second-order valence-corrected chi connectivity index (χ2v) is 8.74. The molecule has 166 valence electrons. The highest BCUT2D eigenvalue weighted by atomic mass is 16.5. The minimum absolute atomic E-state index is 0.0475. The summed E-state index contributed by atoms with van der Waals surface area (Å²) in [4.78, 5) is 38.6. The summed E-state index contributed by atoms with van der Waals surface area (Å²) in [6.45, 7) is 2.65. The number of benzene rings is 1. The number of aromatic amines is 1. The van der Waals surface area contributed by atoms with Crippen LogP contribution in [0.1, 0.15) is 46.5 Å². The highest BCUT2D eigenvalue weighted by Gasteiger charge is 2.41. The number of aromatic nitrogens is 3. The van der Waals surface area contributed by atoms with Gasteiger partial charge in [0.1, 0.15) is 5.69 Å². The van der Waals surface area contributed by atoms with Crippen LogP contribution in [0.5, 0.6) is 0 Å². The lowest BCUT2D eigenvalue weighted by molar-refractivity contribution is -0.122. The number of nitrogens with zero attached hydrogens (tertiary/aromatic N) is 3. The van der Waals surface area contributed by atoms with Crippen molar-refractivity contribution in [1.82, 2.24) is 25.2 Å². The van der Waals surface area contributed by atoms with Crippen molar-refractivity contribution >= 4 is 22.8 Å². The number of imidazole rings is 1. The zero-order chi connectivity index (χ0) is 22.0. The van der Waals surface area contributed by atoms with Crippen LogP contribution in [0.15, 0.2) is 48.9 Å². The van der Waals surface area contributed by atoms with Gasteiger partial charge >= 0.3 is 0 Å². The molecule has 2 N–H and O–H groups in total. The van der Waals surface area contributed by atoms with Gasteiger partial charge in [-0.1, -0.05) is 6.07 Å². The van der Waals surface area contributed by atoms with Gasteiger partial charge in [0, 0.05) is 38.0 Å². The van der Waals surface area contributed by atoms with Crippen LogP contribution in [0.25, 0.3) is 11.0 Å². The zero-order valence-electron chi connectivity index (χ0n) is 17.9. The van der Waals surface area contributed by atoms with Crippen molar-refractivity contribution in [3.8, 4) is 0 Å². The number of carbonyl (C=O) groups excluding carboxylic acids is 2. The number of fused-ring (bicyclic) bond motifs is 1. The van der Waals surface area contributed by atoms with E-state index >= 15 is 0 Å². The number of likely N-dealkylation sites (tertiary alicyclic amines) is 1. The molecule has 2 saturated heterocycles. The van der Waals surface area contributed by atoms with Gasteiger partial charge in [0.15, 0.2) is 0 Å². The minimum atomic E-state index is -0.206. The van der Waals surface area contributed by atoms with E-state index in [-0.39, 0.29) is 17.4 Å². The van der Waals surface area contributed by atoms with E-state index in [0.717, 1.165) is 36.7 Å². The summed E-state index contributed by atoms with van der Waals surface area (Å²) >= 11 is 0. The van der Waals surface area contributed by atoms with Gasteiger partial charge in [-0.3, -0.25) is 14.6 Å². The molecule has 0 aliphatic carbocycles. The van der Waals surface area contributed by atoms with Crippen LogP contribution in [0, 0.1) is 5.92 Å². The highest BCUT2D eigenvalue weighted by Crippen LogP contribution is 2.37. The van der Waals surface area contributed by atoms with Crippen molar-refractivity contribution in [3.05, 3.63) is 60.2 Å². The number of piperidine rings is 1. The predicted molar refractivity (Wildman–Crippen MR) is 119 cm³/mol. The van der Waals surface area contributed by atoms with Crippen LogP contribution in [-0.2, 0) is 4.74 Å². The van der Waals surface area contributed by atoms with Gasteiger partial charge in [0.2, 0.25) is 0 Å². The number of amides is 2. The summed E-state index contributed by atoms with van der Waals surface area (Å²) in [7, 11) is 0. The second-order valence-electron chi connectivity index (χ2n) is 8.74. The molecule has 0 radical (unpaired) electrons. The molecule has 1 atom stereocenters. The number of rotatable bonds is 4. The monoisotopic (exact) mass is 433 g/mol. The number of hydrogen-bond acceptors (Lipinski definition) is 5. The van der Waals surface area contributed by atoms with Gasteiger partial charge in [-0.15, -0.1) is 0 Å². The predicted octanol–water partition coefficient (Wildman–Crippen LogP) is 2.79. The summed E-state index contributed by atoms with van der Waals surface area (Å²) in [6.07, 6.45) is 6.72. The molecule has 1 unspecified atom stereocenters. The SMILES string of the molecule is O=C(NCC1CCOC2(CCN(C(=O)c3ccc4nc[nH]c4c3)CC2)C1)c1ccccn1. The molecule has 2 aliphatic rings. The molecule has 32 heavy (non-hydrogen) atoms. The Kier molecular flexibility index (Phi) is 5.61. The fraction of sp³-hybridized carbons (Fsp3) is 0.417. The van der Waals surface area contributed by atoms with E-state index in [4.69, 9.17) is 4.74 Å². The van der Waals surface area contributed by atoms with Crippen LogP contribution >= 0.6 is 0 Å². The Bertz CT molecular complexity index is 1110. The number of ether oxygens (including phenoxy) is 1. The Morgan fingerprint density at radius 3 is 2.88 bits per heavy atom. The first-order valence-electron chi connectivity index (χ1n) is 11.2. The molecule has 2 aromatic heterocycles. The normalized spacial score (nSPS) is 20.4. The molecule has 1 spiro atoms. The van der Waals surface area contributed by atoms with Gasteiger partial charge in [0.25, 0.3) is 11.8 Å². The van der Waals surface area contributed by atoms with Crippen LogP contribution in [0.4, 0.5) is 0 Å². The second kappa shape index (κ2) is 8.70. The Morgan fingerprint density at radius 1 is 1.19 bits per heavy atom. The van der Waals surface area contributed by atoms with E-state index < -0.39 is 0 Å². The van der Waals surface area contributed by atoms with E-state index in [1.54, 1.807) is 24.7 Å². The molecular formula is C24H27N5O3. The molecule has 1 aromatic carbocycles. The van der Waals surface area contributed by atoms with E-state index in [1.807, 2.05) is 29.2 Å². The number of nitrogens with one attached hydrogen (secondary N) is 2. The third-order valence-electron chi connectivity index (χ3n) is 6.67. The highest BCUT2D eigenvalue weighted by molar-refractivity contribution is 5.97. The molecule has 5 rings (SSSR count). The average molecular weight is 434 g/mol. The molecule has 2 amide bonds. The summed E-state index contributed by atoms with van der Waals surface area (Å²) in [5.74, 6) is 0.272. The van der Waals surface area contributed by atoms with Crippen LogP contribution in [0.3, 0.4) is 0 Å². The maximum atomic E-state index is 13.0. The third-order valence-corrected chi connectivity index (χ3v) is 6.67. The van der Waals surface area contributed by atoms with Crippen molar-refractivity contribution in [2.75, 3.05) is 26.2 Å². The topological polar surface area (TPSA) is 100 Å². The molecule has 4 heterocycles. The zero-order valence-corrected chi connectivity index (χ0v) is 17.9. The van der Waals surface area contributed by atoms with Crippen LogP contribution in [-0.4, -0.2) is 63.5 Å². The standard InChI is InChI=1S/C24H27N5O3/c30-22(20-3-1-2-9-25-20)26-15-17-6-12-32-24(14-17)7-10-29(11-8-24)23(31)18-4-5-19-21(13-18)28-16-27-19/h1-5,9,13,16-17H,6-8,10-12,14-15H2,(H,26,30)(H,27,28). The maximum absolute atomic E-state index is 13.0. The first-order chi connectivity index (χ1) is 15.6. The molecule has 8 heteroatoms. The van der Waals surface area contributed by atoms with E-state index in [0.29, 0.717) is 43.4 Å². The van der Waals surface area contributed by atoms with Gasteiger partial charge in [-0.2, -0.15) is 0 Å². The fourth-order valence-electron chi connectivity index (χ4n) is 4.85. The first kappa shape index (κ1) is 20.6. The Hall–Kier alpha value is -3.26. The van der Waals surface area contributed by atoms with Gasteiger partial charge < -0.3 is 19.9 Å². The molecule has 3 aromatic rings. The lowest BCUT2D eigenvalue weighted by Crippen LogP contribution is -2.51. The van der Waals surface area contributed by atoms with Crippen molar-refractivity contribution in [1.29, 1.82) is 0 Å². The number of carbonyl (C=O) groups is 2. The number of H-pyrrole nitrogens is 1. The van der Waals surface area contributed by atoms with Gasteiger partial charge in [-0.25, -0.2) is 4.98 Å². The van der Waals surface area contributed by atoms with E-state index in [9.17, 15) is 9.59 Å². The van der Waals surface area contributed by atoms with Crippen LogP contribution in [0.2, 0.25) is 0 Å². The van der Waals surface area contributed by atoms with Gasteiger partial charge in [0.05, 0.1) is 23.0 Å². The first-order valence-corrected chi connectivity index (χ1v) is 11.2. The lowest BCUT2D eigenvalue weighted by atomic mass is 9.79. The molecule has 0 bridgehead atoms.